The van der Waals surface area contributed by atoms with Crippen molar-refractivity contribution in [3.05, 3.63) is 23.8 Å². The standard InChI is InChI=1S/C19H25NO6/c1-13(21)26-16-12-14(8-9-15(16)24-2)17(22)20-19(18(23)25-3)10-6-4-5-7-11-19/h8-9,12H,4-7,10-11H2,1-3H3,(H,20,22). The maximum atomic E-state index is 12.8. The van der Waals surface area contributed by atoms with E-state index in [-0.39, 0.29) is 11.3 Å². The topological polar surface area (TPSA) is 90.9 Å². The number of carbonyl (C=O) groups is 3. The lowest BCUT2D eigenvalue weighted by Crippen LogP contribution is -2.54. The van der Waals surface area contributed by atoms with Crippen LogP contribution in [0.25, 0.3) is 0 Å². The Labute approximate surface area is 153 Å². The number of rotatable bonds is 5. The van der Waals surface area contributed by atoms with Gasteiger partial charge in [-0.15, -0.1) is 0 Å². The van der Waals surface area contributed by atoms with Gasteiger partial charge in [0, 0.05) is 12.5 Å². The summed E-state index contributed by atoms with van der Waals surface area (Å²) in [6.07, 6.45) is 4.81. The van der Waals surface area contributed by atoms with Crippen LogP contribution in [0.15, 0.2) is 18.2 Å². The molecule has 142 valence electrons. The van der Waals surface area contributed by atoms with Crippen molar-refractivity contribution in [3.63, 3.8) is 0 Å². The van der Waals surface area contributed by atoms with E-state index in [9.17, 15) is 14.4 Å². The first kappa shape index (κ1) is 19.8. The molecule has 7 nitrogen and oxygen atoms in total. The predicted molar refractivity (Wildman–Crippen MR) is 94.2 cm³/mol. The molecule has 0 radical (unpaired) electrons. The fraction of sp³-hybridized carbons (Fsp3) is 0.526. The highest BCUT2D eigenvalue weighted by Gasteiger charge is 2.41. The van der Waals surface area contributed by atoms with Crippen molar-refractivity contribution in [1.82, 2.24) is 5.32 Å². The zero-order chi connectivity index (χ0) is 19.2. The second kappa shape index (κ2) is 8.69. The van der Waals surface area contributed by atoms with Gasteiger partial charge in [-0.05, 0) is 31.0 Å². The van der Waals surface area contributed by atoms with Gasteiger partial charge in [0.2, 0.25) is 0 Å². The highest BCUT2D eigenvalue weighted by molar-refractivity contribution is 5.98. The van der Waals surface area contributed by atoms with E-state index in [1.807, 2.05) is 0 Å². The Kier molecular flexibility index (Phi) is 6.60. The van der Waals surface area contributed by atoms with E-state index in [1.54, 1.807) is 12.1 Å². The van der Waals surface area contributed by atoms with Crippen LogP contribution in [-0.4, -0.2) is 37.6 Å². The van der Waals surface area contributed by atoms with Crippen LogP contribution in [-0.2, 0) is 14.3 Å². The minimum absolute atomic E-state index is 0.153. The lowest BCUT2D eigenvalue weighted by Gasteiger charge is -2.31. The molecule has 0 saturated heterocycles. The molecule has 0 aliphatic heterocycles. The lowest BCUT2D eigenvalue weighted by atomic mass is 9.89. The summed E-state index contributed by atoms with van der Waals surface area (Å²) in [6, 6.07) is 4.53. The lowest BCUT2D eigenvalue weighted by molar-refractivity contribution is -0.148. The smallest absolute Gasteiger partial charge is 0.331 e. The largest absolute Gasteiger partial charge is 0.493 e. The number of hydrogen-bond donors (Lipinski definition) is 1. The van der Waals surface area contributed by atoms with Gasteiger partial charge in [0.15, 0.2) is 11.5 Å². The monoisotopic (exact) mass is 363 g/mol. The van der Waals surface area contributed by atoms with Gasteiger partial charge in [-0.3, -0.25) is 9.59 Å². The van der Waals surface area contributed by atoms with Crippen LogP contribution < -0.4 is 14.8 Å². The van der Waals surface area contributed by atoms with Crippen molar-refractivity contribution in [1.29, 1.82) is 0 Å². The molecule has 7 heteroatoms. The van der Waals surface area contributed by atoms with Crippen LogP contribution >= 0.6 is 0 Å². The Bertz CT molecular complexity index is 677. The Morgan fingerprint density at radius 2 is 1.65 bits per heavy atom. The normalized spacial score (nSPS) is 16.1. The highest BCUT2D eigenvalue weighted by Crippen LogP contribution is 2.31. The molecule has 26 heavy (non-hydrogen) atoms. The molecule has 1 aliphatic rings. The number of carbonyl (C=O) groups excluding carboxylic acids is 3. The number of hydrogen-bond acceptors (Lipinski definition) is 6. The summed E-state index contributed by atoms with van der Waals surface area (Å²) in [4.78, 5) is 36.4. The van der Waals surface area contributed by atoms with Gasteiger partial charge in [0.1, 0.15) is 5.54 Å². The molecule has 1 fully saturated rings. The molecule has 1 aliphatic carbocycles. The van der Waals surface area contributed by atoms with Crippen molar-refractivity contribution in [2.75, 3.05) is 14.2 Å². The SMILES string of the molecule is COC(=O)C1(NC(=O)c2ccc(OC)c(OC(C)=O)c2)CCCCCC1. The number of amides is 1. The number of nitrogens with one attached hydrogen (secondary N) is 1. The first-order chi connectivity index (χ1) is 12.4. The molecule has 1 aromatic rings. The number of benzene rings is 1. The van der Waals surface area contributed by atoms with Crippen LogP contribution in [0.3, 0.4) is 0 Å². The number of ether oxygens (including phenoxy) is 3. The highest BCUT2D eigenvalue weighted by atomic mass is 16.6. The molecule has 0 spiro atoms. The minimum atomic E-state index is -1.02. The van der Waals surface area contributed by atoms with E-state index in [1.165, 1.54) is 27.2 Å². The molecule has 0 bridgehead atoms. The molecule has 1 N–H and O–H groups in total. The second-order valence-corrected chi connectivity index (χ2v) is 6.40. The summed E-state index contributed by atoms with van der Waals surface area (Å²) in [7, 11) is 2.77. The van der Waals surface area contributed by atoms with Crippen LogP contribution in [0, 0.1) is 0 Å². The van der Waals surface area contributed by atoms with Gasteiger partial charge in [0.05, 0.1) is 14.2 Å². The molecule has 1 aromatic carbocycles. The average molecular weight is 363 g/mol. The van der Waals surface area contributed by atoms with Crippen LogP contribution in [0.1, 0.15) is 55.8 Å². The molecule has 0 aromatic heterocycles. The molecule has 0 unspecified atom stereocenters. The Hall–Kier alpha value is -2.57. The van der Waals surface area contributed by atoms with E-state index in [0.717, 1.165) is 25.7 Å². The maximum absolute atomic E-state index is 12.8. The quantitative estimate of drug-likeness (QED) is 0.491. The Balaban J connectivity index is 2.28. The summed E-state index contributed by atoms with van der Waals surface area (Å²) in [5.74, 6) is -0.875. The van der Waals surface area contributed by atoms with Crippen molar-refractivity contribution >= 4 is 17.8 Å². The van der Waals surface area contributed by atoms with E-state index in [0.29, 0.717) is 18.6 Å². The van der Waals surface area contributed by atoms with Crippen molar-refractivity contribution < 1.29 is 28.6 Å². The first-order valence-electron chi connectivity index (χ1n) is 8.69. The summed E-state index contributed by atoms with van der Waals surface area (Å²) >= 11 is 0. The summed E-state index contributed by atoms with van der Waals surface area (Å²) < 4.78 is 15.2. The minimum Gasteiger partial charge on any atom is -0.493 e. The fourth-order valence-corrected chi connectivity index (χ4v) is 3.25. The second-order valence-electron chi connectivity index (χ2n) is 6.40. The molecule has 0 atom stereocenters. The first-order valence-corrected chi connectivity index (χ1v) is 8.69. The molecular formula is C19H25NO6. The third kappa shape index (κ3) is 4.53. The zero-order valence-electron chi connectivity index (χ0n) is 15.4. The van der Waals surface area contributed by atoms with Gasteiger partial charge in [-0.2, -0.15) is 0 Å². The van der Waals surface area contributed by atoms with Gasteiger partial charge in [0.25, 0.3) is 5.91 Å². The number of methoxy groups -OCH3 is 2. The van der Waals surface area contributed by atoms with E-state index >= 15 is 0 Å². The van der Waals surface area contributed by atoms with Crippen molar-refractivity contribution in [3.8, 4) is 11.5 Å². The summed E-state index contributed by atoms with van der Waals surface area (Å²) in [6.45, 7) is 1.27. The zero-order valence-corrected chi connectivity index (χ0v) is 15.4. The van der Waals surface area contributed by atoms with Gasteiger partial charge in [-0.1, -0.05) is 25.7 Å². The van der Waals surface area contributed by atoms with Crippen LogP contribution in [0.5, 0.6) is 11.5 Å². The van der Waals surface area contributed by atoms with Crippen molar-refractivity contribution in [2.24, 2.45) is 0 Å². The summed E-state index contributed by atoms with van der Waals surface area (Å²) in [5, 5.41) is 2.86. The van der Waals surface area contributed by atoms with Gasteiger partial charge in [-0.25, -0.2) is 4.79 Å². The molecule has 1 saturated carbocycles. The molecule has 0 heterocycles. The van der Waals surface area contributed by atoms with Gasteiger partial charge < -0.3 is 19.5 Å². The third-order valence-electron chi connectivity index (χ3n) is 4.57. The van der Waals surface area contributed by atoms with Gasteiger partial charge >= 0.3 is 11.9 Å². The van der Waals surface area contributed by atoms with Crippen LogP contribution in [0.4, 0.5) is 0 Å². The van der Waals surface area contributed by atoms with E-state index < -0.39 is 23.4 Å². The Morgan fingerprint density at radius 1 is 1.00 bits per heavy atom. The molecule has 2 rings (SSSR count). The van der Waals surface area contributed by atoms with E-state index in [4.69, 9.17) is 14.2 Å². The fourth-order valence-electron chi connectivity index (χ4n) is 3.25. The Morgan fingerprint density at radius 3 is 2.19 bits per heavy atom. The summed E-state index contributed by atoms with van der Waals surface area (Å²) in [5.41, 5.74) is -0.751. The molecule has 1 amide bonds. The predicted octanol–water partition coefficient (Wildman–Crippen LogP) is 2.62. The third-order valence-corrected chi connectivity index (χ3v) is 4.57. The maximum Gasteiger partial charge on any atom is 0.331 e. The molecular weight excluding hydrogens is 338 g/mol. The van der Waals surface area contributed by atoms with Crippen molar-refractivity contribution in [2.45, 2.75) is 51.0 Å². The van der Waals surface area contributed by atoms with Crippen LogP contribution in [0.2, 0.25) is 0 Å². The number of esters is 2. The van der Waals surface area contributed by atoms with E-state index in [2.05, 4.69) is 5.32 Å². The average Bonchev–Trinajstić information content (AvgIpc) is 2.86.